The van der Waals surface area contributed by atoms with Crippen LogP contribution in [0, 0.1) is 0 Å². The van der Waals surface area contributed by atoms with Crippen LogP contribution in [0.4, 0.5) is 0 Å². The van der Waals surface area contributed by atoms with Gasteiger partial charge >= 0.3 is 0 Å². The van der Waals surface area contributed by atoms with Gasteiger partial charge in [0.25, 0.3) is 5.91 Å². The second-order valence-electron chi connectivity index (χ2n) is 2.61. The summed E-state index contributed by atoms with van der Waals surface area (Å²) in [4.78, 5) is 22.0. The van der Waals surface area contributed by atoms with Crippen LogP contribution in [-0.4, -0.2) is 11.8 Å². The summed E-state index contributed by atoms with van der Waals surface area (Å²) in [6.07, 6.45) is 0. The lowest BCUT2D eigenvalue weighted by atomic mass is 10.2. The fraction of sp³-hybridized carbons (Fsp3) is 0.111. The molecule has 3 nitrogen and oxygen atoms in total. The Kier molecular flexibility index (Phi) is 3.66. The van der Waals surface area contributed by atoms with Crippen LogP contribution < -0.4 is 5.32 Å². The molecule has 0 bridgehead atoms. The van der Waals surface area contributed by atoms with E-state index in [-0.39, 0.29) is 5.56 Å². The third-order valence-corrected chi connectivity index (χ3v) is 2.78. The third-order valence-electron chi connectivity index (χ3n) is 1.49. The highest BCUT2D eigenvalue weighted by Gasteiger charge is 2.12. The van der Waals surface area contributed by atoms with E-state index in [0.717, 1.165) is 0 Å². The molecule has 0 radical (unpaired) electrons. The molecule has 0 saturated heterocycles. The van der Waals surface area contributed by atoms with Gasteiger partial charge in [0.1, 0.15) is 0 Å². The van der Waals surface area contributed by atoms with E-state index in [1.54, 1.807) is 18.2 Å². The van der Waals surface area contributed by atoms with E-state index in [4.69, 9.17) is 11.6 Å². The summed E-state index contributed by atoms with van der Waals surface area (Å²) in [7, 11) is 0. The molecule has 2 amide bonds. The molecule has 1 rings (SSSR count). The van der Waals surface area contributed by atoms with Crippen LogP contribution in [0.2, 0.25) is 5.02 Å². The average molecular weight is 277 g/mol. The zero-order valence-electron chi connectivity index (χ0n) is 7.30. The number of rotatable bonds is 1. The second-order valence-corrected chi connectivity index (χ2v) is 3.84. The molecule has 0 unspecified atom stereocenters. The molecule has 1 N–H and O–H groups in total. The lowest BCUT2D eigenvalue weighted by molar-refractivity contribution is -0.118. The lowest BCUT2D eigenvalue weighted by Crippen LogP contribution is -2.28. The Morgan fingerprint density at radius 1 is 1.43 bits per heavy atom. The van der Waals surface area contributed by atoms with Gasteiger partial charge in [-0.2, -0.15) is 0 Å². The first-order valence-electron chi connectivity index (χ1n) is 3.78. The molecule has 0 aliphatic carbocycles. The number of hydrogen-bond acceptors (Lipinski definition) is 2. The monoisotopic (exact) mass is 275 g/mol. The molecular formula is C9H7BrClNO2. The Labute approximate surface area is 94.6 Å². The van der Waals surface area contributed by atoms with Crippen LogP contribution in [0.1, 0.15) is 17.3 Å². The fourth-order valence-corrected chi connectivity index (χ4v) is 1.48. The van der Waals surface area contributed by atoms with E-state index >= 15 is 0 Å². The number of nitrogens with one attached hydrogen (secondary N) is 1. The number of carbonyl (C=O) groups excluding carboxylic acids is 2. The molecule has 0 fully saturated rings. The van der Waals surface area contributed by atoms with Crippen molar-refractivity contribution in [2.24, 2.45) is 0 Å². The first-order valence-corrected chi connectivity index (χ1v) is 4.95. The van der Waals surface area contributed by atoms with Crippen molar-refractivity contribution in [3.8, 4) is 0 Å². The van der Waals surface area contributed by atoms with Gasteiger partial charge in [-0.3, -0.25) is 14.9 Å². The van der Waals surface area contributed by atoms with E-state index in [1.165, 1.54) is 6.92 Å². The van der Waals surface area contributed by atoms with Crippen molar-refractivity contribution in [1.29, 1.82) is 0 Å². The minimum absolute atomic E-state index is 0.274. The van der Waals surface area contributed by atoms with Gasteiger partial charge in [-0.25, -0.2) is 0 Å². The minimum Gasteiger partial charge on any atom is -0.293 e. The normalized spacial score (nSPS) is 9.64. The van der Waals surface area contributed by atoms with Crippen LogP contribution in [0.25, 0.3) is 0 Å². The number of imide groups is 1. The van der Waals surface area contributed by atoms with Crippen molar-refractivity contribution in [3.63, 3.8) is 0 Å². The van der Waals surface area contributed by atoms with Crippen molar-refractivity contribution in [3.05, 3.63) is 33.3 Å². The molecule has 0 atom stereocenters. The van der Waals surface area contributed by atoms with Gasteiger partial charge in [-0.15, -0.1) is 0 Å². The molecule has 0 aliphatic heterocycles. The Morgan fingerprint density at radius 2 is 2.07 bits per heavy atom. The van der Waals surface area contributed by atoms with Gasteiger partial charge < -0.3 is 0 Å². The number of halogens is 2. The Morgan fingerprint density at radius 3 is 2.64 bits per heavy atom. The molecule has 0 saturated carbocycles. The Balaban J connectivity index is 3.01. The standard InChI is InChI=1S/C9H7BrClNO2/c1-5(13)12-9(14)6-3-2-4-7(10)8(6)11/h2-4H,1H3,(H,12,13,14). The van der Waals surface area contributed by atoms with Crippen molar-refractivity contribution in [1.82, 2.24) is 5.32 Å². The SMILES string of the molecule is CC(=O)NC(=O)c1cccc(Br)c1Cl. The van der Waals surface area contributed by atoms with Crippen LogP contribution in [-0.2, 0) is 4.79 Å². The highest BCUT2D eigenvalue weighted by molar-refractivity contribution is 9.10. The van der Waals surface area contributed by atoms with Gasteiger partial charge in [0, 0.05) is 11.4 Å². The Bertz CT molecular complexity index is 392. The molecule has 0 spiro atoms. The van der Waals surface area contributed by atoms with E-state index in [1.807, 2.05) is 0 Å². The highest BCUT2D eigenvalue weighted by Crippen LogP contribution is 2.25. The molecule has 74 valence electrons. The average Bonchev–Trinajstić information content (AvgIpc) is 2.08. The smallest absolute Gasteiger partial charge is 0.259 e. The van der Waals surface area contributed by atoms with Gasteiger partial charge in [0.2, 0.25) is 5.91 Å². The van der Waals surface area contributed by atoms with Gasteiger partial charge in [0.05, 0.1) is 10.6 Å². The van der Waals surface area contributed by atoms with Gasteiger partial charge in [-0.1, -0.05) is 17.7 Å². The fourth-order valence-electron chi connectivity index (χ4n) is 0.906. The number of amides is 2. The number of benzene rings is 1. The molecule has 1 aromatic carbocycles. The van der Waals surface area contributed by atoms with E-state index < -0.39 is 11.8 Å². The topological polar surface area (TPSA) is 46.2 Å². The van der Waals surface area contributed by atoms with Crippen molar-refractivity contribution in [2.75, 3.05) is 0 Å². The maximum absolute atomic E-state index is 11.4. The quantitative estimate of drug-likeness (QED) is 0.856. The predicted molar refractivity (Wildman–Crippen MR) is 57.3 cm³/mol. The summed E-state index contributed by atoms with van der Waals surface area (Å²) >= 11 is 9.04. The molecular weight excluding hydrogens is 269 g/mol. The summed E-state index contributed by atoms with van der Waals surface area (Å²) in [5, 5.41) is 2.44. The maximum atomic E-state index is 11.4. The van der Waals surface area contributed by atoms with Crippen LogP contribution in [0.3, 0.4) is 0 Å². The van der Waals surface area contributed by atoms with Gasteiger partial charge in [0.15, 0.2) is 0 Å². The summed E-state index contributed by atoms with van der Waals surface area (Å²) in [6, 6.07) is 4.93. The Hall–Kier alpha value is -0.870. The van der Waals surface area contributed by atoms with Crippen LogP contribution >= 0.6 is 27.5 Å². The molecule has 0 heterocycles. The second kappa shape index (κ2) is 4.57. The van der Waals surface area contributed by atoms with Crippen molar-refractivity contribution >= 4 is 39.3 Å². The van der Waals surface area contributed by atoms with E-state index in [0.29, 0.717) is 9.50 Å². The number of carbonyl (C=O) groups is 2. The maximum Gasteiger partial charge on any atom is 0.259 e. The summed E-state index contributed by atoms with van der Waals surface area (Å²) in [5.41, 5.74) is 0.274. The van der Waals surface area contributed by atoms with Crippen molar-refractivity contribution < 1.29 is 9.59 Å². The highest BCUT2D eigenvalue weighted by atomic mass is 79.9. The third kappa shape index (κ3) is 2.56. The lowest BCUT2D eigenvalue weighted by Gasteiger charge is -2.04. The first-order chi connectivity index (χ1) is 6.52. The zero-order chi connectivity index (χ0) is 10.7. The molecule has 0 aliphatic rings. The largest absolute Gasteiger partial charge is 0.293 e. The predicted octanol–water partition coefficient (Wildman–Crippen LogP) is 2.38. The summed E-state index contributed by atoms with van der Waals surface area (Å²) < 4.78 is 0.621. The molecule has 5 heteroatoms. The minimum atomic E-state index is -0.496. The number of hydrogen-bond donors (Lipinski definition) is 1. The zero-order valence-corrected chi connectivity index (χ0v) is 9.65. The van der Waals surface area contributed by atoms with E-state index in [2.05, 4.69) is 21.2 Å². The van der Waals surface area contributed by atoms with Crippen LogP contribution in [0.5, 0.6) is 0 Å². The summed E-state index contributed by atoms with van der Waals surface area (Å²) in [5.74, 6) is -0.908. The molecule has 14 heavy (non-hydrogen) atoms. The molecule has 1 aromatic rings. The van der Waals surface area contributed by atoms with Gasteiger partial charge in [-0.05, 0) is 28.1 Å². The molecule has 0 aromatic heterocycles. The first kappa shape index (κ1) is 11.2. The van der Waals surface area contributed by atoms with E-state index in [9.17, 15) is 9.59 Å². The van der Waals surface area contributed by atoms with Crippen LogP contribution in [0.15, 0.2) is 22.7 Å². The van der Waals surface area contributed by atoms with Crippen molar-refractivity contribution in [2.45, 2.75) is 6.92 Å². The summed E-state index contributed by atoms with van der Waals surface area (Å²) in [6.45, 7) is 1.27.